The van der Waals surface area contributed by atoms with Crippen molar-refractivity contribution in [1.82, 2.24) is 10.2 Å². The van der Waals surface area contributed by atoms with Gasteiger partial charge in [0.15, 0.2) is 6.42 Å². The molecule has 2 aromatic rings. The number of aliphatic hydroxyl groups excluding tert-OH is 1. The van der Waals surface area contributed by atoms with Gasteiger partial charge in [0.1, 0.15) is 6.54 Å². The zero-order chi connectivity index (χ0) is 26.7. The van der Waals surface area contributed by atoms with Crippen LogP contribution in [0.4, 0.5) is 0 Å². The summed E-state index contributed by atoms with van der Waals surface area (Å²) in [6.45, 7) is -0.290. The minimum absolute atomic E-state index is 0. The van der Waals surface area contributed by atoms with Crippen LogP contribution in [0, 0.1) is 11.3 Å². The van der Waals surface area contributed by atoms with Crippen molar-refractivity contribution < 1.29 is 96.0 Å². The van der Waals surface area contributed by atoms with Crippen molar-refractivity contribution in [2.75, 3.05) is 33.9 Å². The molecule has 0 aromatic heterocycles. The van der Waals surface area contributed by atoms with Gasteiger partial charge in [0.05, 0.1) is 32.2 Å². The van der Waals surface area contributed by atoms with Gasteiger partial charge >= 0.3 is 62.6 Å². The number of nitriles is 1. The van der Waals surface area contributed by atoms with Crippen LogP contribution in [-0.2, 0) is 42.5 Å². The summed E-state index contributed by atoms with van der Waals surface area (Å²) in [4.78, 5) is 33.1. The third-order valence-corrected chi connectivity index (χ3v) is 9.78. The van der Waals surface area contributed by atoms with Gasteiger partial charge < -0.3 is 34.6 Å². The van der Waals surface area contributed by atoms with Gasteiger partial charge in [0.25, 0.3) is 0 Å². The molecule has 0 amide bonds. The van der Waals surface area contributed by atoms with Gasteiger partial charge in [-0.15, -0.1) is 0 Å². The number of hydrogen-bond donors (Lipinski definition) is 3. The summed E-state index contributed by atoms with van der Waals surface area (Å²) in [7, 11) is 2.31. The zero-order valence-corrected chi connectivity index (χ0v) is 26.0. The quantitative estimate of drug-likeness (QED) is 0.0957. The van der Waals surface area contributed by atoms with Crippen LogP contribution < -0.4 is 87.4 Å². The normalized spacial score (nSPS) is 11.9. The Bertz CT molecular complexity index is 1060. The number of ether oxygens (including phenoxy) is 1. The largest absolute Gasteiger partial charge is 1.00 e. The smallest absolute Gasteiger partial charge is 0.870 e. The van der Waals surface area contributed by atoms with Gasteiger partial charge in [0, 0.05) is 19.0 Å². The fourth-order valence-electron chi connectivity index (χ4n) is 2.18. The van der Waals surface area contributed by atoms with Crippen LogP contribution in [0.1, 0.15) is 6.42 Å². The molecule has 39 heavy (non-hydrogen) atoms. The second kappa shape index (κ2) is 27.9. The van der Waals surface area contributed by atoms with Gasteiger partial charge in [-0.1, -0.05) is 72.5 Å². The topological polar surface area (TPSA) is 197 Å². The Labute approximate surface area is 275 Å². The fourth-order valence-corrected chi connectivity index (χ4v) is 6.28. The van der Waals surface area contributed by atoms with Gasteiger partial charge in [0.2, 0.25) is 0 Å². The van der Waals surface area contributed by atoms with Crippen molar-refractivity contribution >= 4 is 59.0 Å². The molecule has 0 spiro atoms. The van der Waals surface area contributed by atoms with Crippen molar-refractivity contribution in [3.8, 4) is 6.07 Å². The van der Waals surface area contributed by atoms with Crippen LogP contribution in [0.15, 0.2) is 60.7 Å². The van der Waals surface area contributed by atoms with E-state index in [-0.39, 0.29) is 81.6 Å². The zero-order valence-electron chi connectivity index (χ0n) is 22.6. The number of aliphatic carboxylic acids is 1. The number of esters is 1. The summed E-state index contributed by atoms with van der Waals surface area (Å²) in [6.07, 6.45) is -5.47. The first-order chi connectivity index (χ1) is 16.6. The van der Waals surface area contributed by atoms with Crippen LogP contribution in [0.2, 0.25) is 0 Å². The molecule has 11 nitrogen and oxygen atoms in total. The molecule has 0 aliphatic carbocycles. The minimum atomic E-state index is -3.19. The number of benzene rings is 2. The number of aliphatic hydroxyl groups is 1. The summed E-state index contributed by atoms with van der Waals surface area (Å²) in [5.41, 5.74) is 0. The summed E-state index contributed by atoms with van der Waals surface area (Å²) >= 11 is 10.3. The first kappa shape index (κ1) is 48.5. The first-order valence-corrected chi connectivity index (χ1v) is 15.3. The van der Waals surface area contributed by atoms with Crippen LogP contribution >= 0.6 is 12.8 Å². The van der Waals surface area contributed by atoms with E-state index in [0.29, 0.717) is 5.30 Å². The fraction of sp³-hybridized carbons (Fsp3) is 0.286. The third-order valence-electron chi connectivity index (χ3n) is 3.77. The molecule has 2 atom stereocenters. The van der Waals surface area contributed by atoms with Crippen LogP contribution in [-0.4, -0.2) is 56.4 Å². The van der Waals surface area contributed by atoms with E-state index in [0.717, 1.165) is 12.4 Å². The number of carbonyl (C=O) groups excluding carboxylic acids is 2. The van der Waals surface area contributed by atoms with Crippen molar-refractivity contribution in [2.24, 2.45) is 0 Å². The van der Waals surface area contributed by atoms with Crippen molar-refractivity contribution in [2.45, 2.75) is 6.42 Å². The minimum Gasteiger partial charge on any atom is -0.870 e. The maximum Gasteiger partial charge on any atom is 1.00 e. The number of carboxylic acid groups (broad SMARTS) is 1. The van der Waals surface area contributed by atoms with E-state index >= 15 is 0 Å². The molecule has 0 fully saturated rings. The van der Waals surface area contributed by atoms with E-state index in [1.165, 1.54) is 7.11 Å². The second-order valence-corrected chi connectivity index (χ2v) is 13.3. The molecule has 0 aliphatic heterocycles. The van der Waals surface area contributed by atoms with Crippen LogP contribution in [0.25, 0.3) is 0 Å². The van der Waals surface area contributed by atoms with E-state index in [1.54, 1.807) is 30.3 Å². The van der Waals surface area contributed by atoms with E-state index in [4.69, 9.17) is 38.5 Å². The number of nitrogens with zero attached hydrogens (tertiary/aromatic N) is 1. The van der Waals surface area contributed by atoms with Gasteiger partial charge in [-0.25, -0.2) is 0 Å². The molecule has 0 saturated heterocycles. The van der Waals surface area contributed by atoms with Crippen LogP contribution in [0.3, 0.4) is 0 Å². The number of carbonyl (C=O) groups is 2. The Morgan fingerprint density at radius 2 is 1.41 bits per heavy atom. The summed E-state index contributed by atoms with van der Waals surface area (Å²) < 4.78 is 10.2. The summed E-state index contributed by atoms with van der Waals surface area (Å²) in [5, 5.41) is 32.1. The summed E-state index contributed by atoms with van der Waals surface area (Å²) in [5.74, 6) is -1.74. The Hall–Kier alpha value is -0.278. The van der Waals surface area contributed by atoms with Crippen molar-refractivity contribution in [3.05, 3.63) is 60.7 Å². The van der Waals surface area contributed by atoms with E-state index in [1.807, 2.05) is 36.4 Å². The summed E-state index contributed by atoms with van der Waals surface area (Å²) in [6, 6.07) is 19.6. The predicted octanol–water partition coefficient (Wildman–Crippen LogP) is -9.92. The Balaban J connectivity index is -0.000000174. The molecule has 0 aliphatic rings. The van der Waals surface area contributed by atoms with E-state index < -0.39 is 31.3 Å². The Morgan fingerprint density at radius 1 is 0.949 bits per heavy atom. The maximum atomic E-state index is 11.7. The number of carboxylic acids is 1. The SMILES string of the molecule is CO.COC(=O)CNP(=S)(OCCC#N)c1ccccc1.O=C([O-])CNP([O-])(=S)c1ccccc1.[Li+].[Li+].[Li+].[OH-]. The van der Waals surface area contributed by atoms with Gasteiger partial charge in [-0.2, -0.15) is 5.26 Å². The molecule has 18 heteroatoms. The molecule has 4 N–H and O–H groups in total. The monoisotopic (exact) mass is 597 g/mol. The second-order valence-electron chi connectivity index (χ2n) is 6.13. The molecular weight excluding hydrogens is 569 g/mol. The average Bonchev–Trinajstić information content (AvgIpc) is 2.89. The molecule has 200 valence electrons. The molecule has 2 aromatic carbocycles. The molecule has 0 heterocycles. The predicted molar refractivity (Wildman–Crippen MR) is 140 cm³/mol. The Morgan fingerprint density at radius 3 is 1.82 bits per heavy atom. The van der Waals surface area contributed by atoms with Crippen molar-refractivity contribution in [3.63, 3.8) is 0 Å². The van der Waals surface area contributed by atoms with Gasteiger partial charge in [-0.3, -0.25) is 15.0 Å². The first-order valence-electron chi connectivity index (χ1n) is 9.90. The van der Waals surface area contributed by atoms with Crippen LogP contribution in [0.5, 0.6) is 0 Å². The van der Waals surface area contributed by atoms with Gasteiger partial charge in [-0.05, 0) is 23.5 Å². The number of nitrogens with one attached hydrogen (secondary N) is 2. The van der Waals surface area contributed by atoms with E-state index in [9.17, 15) is 19.6 Å². The average molecular weight is 597 g/mol. The maximum absolute atomic E-state index is 11.7. The number of hydrogen-bond acceptors (Lipinski definition) is 11. The Kier molecular flexibility index (Phi) is 34.6. The molecule has 0 radical (unpaired) electrons. The molecular formula is C21H28Li3N3O8P2S2. The van der Waals surface area contributed by atoms with E-state index in [2.05, 4.69) is 14.9 Å². The number of rotatable bonds is 11. The molecule has 0 bridgehead atoms. The molecule has 2 rings (SSSR count). The third kappa shape index (κ3) is 21.1. The van der Waals surface area contributed by atoms with Crippen molar-refractivity contribution in [1.29, 1.82) is 5.26 Å². The number of methoxy groups -OCH3 is 1. The molecule has 2 unspecified atom stereocenters. The standard InChI is InChI=1S/C12H15N2O3PS.C8H10NO3PS.CH4O.3Li.H2O/c1-16-12(15)10-14-18(19,17-9-5-8-13)11-6-3-2-4-7-11;10-8(11)6-9-13(12,14)7-4-2-1-3-5-7;1-2;;;;/h2-4,6-7H,5,9-10H2,1H3,(H,14,19);1-5H,6H2,(H,10,11)(H2,9,12,14);2H,1H3;;;;1H2/q;;;3*+1;/p-3. The molecule has 0 saturated carbocycles.